The number of carboxylic acids is 1. The Hall–Kier alpha value is -1.69. The third-order valence-corrected chi connectivity index (χ3v) is 4.50. The van der Waals surface area contributed by atoms with E-state index in [1.54, 1.807) is 0 Å². The summed E-state index contributed by atoms with van der Waals surface area (Å²) in [4.78, 5) is 23.9. The summed E-state index contributed by atoms with van der Waals surface area (Å²) in [6.45, 7) is 5.68. The Bertz CT molecular complexity index is 477. The van der Waals surface area contributed by atoms with Crippen molar-refractivity contribution in [3.8, 4) is 0 Å². The van der Waals surface area contributed by atoms with E-state index in [9.17, 15) is 4.79 Å². The van der Waals surface area contributed by atoms with Crippen molar-refractivity contribution in [1.82, 2.24) is 14.9 Å². The summed E-state index contributed by atoms with van der Waals surface area (Å²) in [5.41, 5.74) is 0.141. The average Bonchev–Trinajstić information content (AvgIpc) is 3.01. The average molecular weight is 290 g/mol. The number of nitrogens with zero attached hydrogens (tertiary/aromatic N) is 4. The zero-order valence-corrected chi connectivity index (χ0v) is 12.2. The first-order valence-corrected chi connectivity index (χ1v) is 7.75. The maximum absolute atomic E-state index is 10.8. The molecule has 0 unspecified atom stereocenters. The van der Waals surface area contributed by atoms with Crippen LogP contribution >= 0.6 is 0 Å². The Kier molecular flexibility index (Phi) is 4.34. The van der Waals surface area contributed by atoms with Crippen molar-refractivity contribution in [2.75, 3.05) is 37.6 Å². The van der Waals surface area contributed by atoms with Crippen LogP contribution < -0.4 is 4.90 Å². The van der Waals surface area contributed by atoms with E-state index in [1.807, 2.05) is 0 Å². The number of carboxylic acid groups (broad SMARTS) is 1. The highest BCUT2D eigenvalue weighted by Crippen LogP contribution is 2.22. The molecular weight excluding hydrogens is 268 g/mol. The molecule has 3 heterocycles. The molecule has 2 aliphatic heterocycles. The zero-order chi connectivity index (χ0) is 14.7. The lowest BCUT2D eigenvalue weighted by molar-refractivity contribution is 0.0696. The highest BCUT2D eigenvalue weighted by atomic mass is 16.4. The number of piperidine rings is 1. The SMILES string of the molecule is O=C(O)c1cnc(N2CCC(CN3CCCC3)CC2)nc1. The molecule has 1 N–H and O–H groups in total. The fraction of sp³-hybridized carbons (Fsp3) is 0.667. The number of hydrogen-bond donors (Lipinski definition) is 1. The predicted molar refractivity (Wildman–Crippen MR) is 79.6 cm³/mol. The number of aromatic carboxylic acids is 1. The molecule has 0 bridgehead atoms. The number of likely N-dealkylation sites (tertiary alicyclic amines) is 1. The van der Waals surface area contributed by atoms with Gasteiger partial charge in [-0.15, -0.1) is 0 Å². The van der Waals surface area contributed by atoms with Gasteiger partial charge >= 0.3 is 5.97 Å². The van der Waals surface area contributed by atoms with Crippen molar-refractivity contribution in [1.29, 1.82) is 0 Å². The summed E-state index contributed by atoms with van der Waals surface area (Å²) < 4.78 is 0. The van der Waals surface area contributed by atoms with Crippen molar-refractivity contribution in [2.24, 2.45) is 5.92 Å². The van der Waals surface area contributed by atoms with Crippen molar-refractivity contribution in [3.63, 3.8) is 0 Å². The molecule has 0 radical (unpaired) electrons. The summed E-state index contributed by atoms with van der Waals surface area (Å²) in [6, 6.07) is 0. The van der Waals surface area contributed by atoms with E-state index >= 15 is 0 Å². The van der Waals surface area contributed by atoms with Gasteiger partial charge in [0.05, 0.1) is 5.56 Å². The smallest absolute Gasteiger partial charge is 0.338 e. The summed E-state index contributed by atoms with van der Waals surface area (Å²) in [5.74, 6) is 0.447. The molecule has 0 aliphatic carbocycles. The van der Waals surface area contributed by atoms with E-state index in [1.165, 1.54) is 57.7 Å². The molecule has 1 aromatic rings. The fourth-order valence-electron chi connectivity index (χ4n) is 3.24. The molecule has 6 heteroatoms. The number of aromatic nitrogens is 2. The van der Waals surface area contributed by atoms with E-state index in [2.05, 4.69) is 19.8 Å². The van der Waals surface area contributed by atoms with Gasteiger partial charge in [0.15, 0.2) is 0 Å². The molecule has 0 spiro atoms. The van der Waals surface area contributed by atoms with Crippen LogP contribution in [0.1, 0.15) is 36.0 Å². The quantitative estimate of drug-likeness (QED) is 0.906. The summed E-state index contributed by atoms with van der Waals surface area (Å²) in [5, 5.41) is 8.86. The number of carbonyl (C=O) groups is 1. The maximum atomic E-state index is 10.8. The largest absolute Gasteiger partial charge is 0.478 e. The first-order chi connectivity index (χ1) is 10.2. The Labute approximate surface area is 124 Å². The number of anilines is 1. The molecule has 0 atom stereocenters. The van der Waals surface area contributed by atoms with Gasteiger partial charge in [0.2, 0.25) is 5.95 Å². The molecule has 6 nitrogen and oxygen atoms in total. The molecule has 2 fully saturated rings. The highest BCUT2D eigenvalue weighted by molar-refractivity contribution is 5.86. The van der Waals surface area contributed by atoms with Crippen LogP contribution in [0.4, 0.5) is 5.95 Å². The third kappa shape index (κ3) is 3.50. The van der Waals surface area contributed by atoms with Gasteiger partial charge in [-0.25, -0.2) is 14.8 Å². The van der Waals surface area contributed by atoms with Gasteiger partial charge in [0, 0.05) is 32.0 Å². The second kappa shape index (κ2) is 6.39. The minimum absolute atomic E-state index is 0.141. The number of rotatable bonds is 4. The van der Waals surface area contributed by atoms with Crippen molar-refractivity contribution >= 4 is 11.9 Å². The molecule has 21 heavy (non-hydrogen) atoms. The van der Waals surface area contributed by atoms with Crippen molar-refractivity contribution in [3.05, 3.63) is 18.0 Å². The Morgan fingerprint density at radius 3 is 2.33 bits per heavy atom. The Balaban J connectivity index is 1.51. The van der Waals surface area contributed by atoms with Gasteiger partial charge in [-0.1, -0.05) is 0 Å². The molecule has 0 amide bonds. The van der Waals surface area contributed by atoms with Crippen LogP contribution in [-0.4, -0.2) is 58.7 Å². The van der Waals surface area contributed by atoms with Crippen LogP contribution in [0.5, 0.6) is 0 Å². The molecule has 3 rings (SSSR count). The van der Waals surface area contributed by atoms with Crippen LogP contribution in [0.3, 0.4) is 0 Å². The van der Waals surface area contributed by atoms with Crippen molar-refractivity contribution < 1.29 is 9.90 Å². The lowest BCUT2D eigenvalue weighted by Crippen LogP contribution is -2.38. The number of hydrogen-bond acceptors (Lipinski definition) is 5. The maximum Gasteiger partial charge on any atom is 0.338 e. The molecule has 2 aliphatic rings. The van der Waals surface area contributed by atoms with Gasteiger partial charge < -0.3 is 14.9 Å². The van der Waals surface area contributed by atoms with Crippen LogP contribution in [0.2, 0.25) is 0 Å². The van der Waals surface area contributed by atoms with E-state index < -0.39 is 5.97 Å². The predicted octanol–water partition coefficient (Wildman–Crippen LogP) is 1.49. The molecular formula is C15H22N4O2. The molecule has 1 aromatic heterocycles. The minimum Gasteiger partial charge on any atom is -0.478 e. The fourth-order valence-corrected chi connectivity index (χ4v) is 3.24. The van der Waals surface area contributed by atoms with Gasteiger partial charge in [-0.3, -0.25) is 0 Å². The topological polar surface area (TPSA) is 69.6 Å². The van der Waals surface area contributed by atoms with E-state index in [-0.39, 0.29) is 5.56 Å². The van der Waals surface area contributed by atoms with Crippen LogP contribution in [0, 0.1) is 5.92 Å². The van der Waals surface area contributed by atoms with Gasteiger partial charge in [-0.2, -0.15) is 0 Å². The highest BCUT2D eigenvalue weighted by Gasteiger charge is 2.24. The van der Waals surface area contributed by atoms with E-state index in [0.717, 1.165) is 19.0 Å². The molecule has 2 saturated heterocycles. The van der Waals surface area contributed by atoms with Crippen LogP contribution in [-0.2, 0) is 0 Å². The Morgan fingerprint density at radius 1 is 1.14 bits per heavy atom. The molecule has 0 aromatic carbocycles. The second-order valence-electron chi connectivity index (χ2n) is 6.02. The molecule has 0 saturated carbocycles. The summed E-state index contributed by atoms with van der Waals surface area (Å²) in [7, 11) is 0. The lowest BCUT2D eigenvalue weighted by Gasteiger charge is -2.33. The first kappa shape index (κ1) is 14.3. The summed E-state index contributed by atoms with van der Waals surface area (Å²) in [6.07, 6.45) is 7.81. The lowest BCUT2D eigenvalue weighted by atomic mass is 9.96. The van der Waals surface area contributed by atoms with E-state index in [4.69, 9.17) is 5.11 Å². The molecule has 114 valence electrons. The second-order valence-corrected chi connectivity index (χ2v) is 6.02. The zero-order valence-electron chi connectivity index (χ0n) is 12.2. The van der Waals surface area contributed by atoms with Crippen LogP contribution in [0.15, 0.2) is 12.4 Å². The van der Waals surface area contributed by atoms with E-state index in [0.29, 0.717) is 5.95 Å². The first-order valence-electron chi connectivity index (χ1n) is 7.75. The van der Waals surface area contributed by atoms with Gasteiger partial charge in [0.1, 0.15) is 0 Å². The Morgan fingerprint density at radius 2 is 1.76 bits per heavy atom. The van der Waals surface area contributed by atoms with Gasteiger partial charge in [0.25, 0.3) is 0 Å². The van der Waals surface area contributed by atoms with Gasteiger partial charge in [-0.05, 0) is 44.7 Å². The minimum atomic E-state index is -0.981. The summed E-state index contributed by atoms with van der Waals surface area (Å²) >= 11 is 0. The normalized spacial score (nSPS) is 20.9. The standard InChI is InChI=1S/C15H22N4O2/c20-14(21)13-9-16-15(17-10-13)19-7-3-12(4-8-19)11-18-5-1-2-6-18/h9-10,12H,1-8,11H2,(H,20,21). The van der Waals surface area contributed by atoms with Crippen LogP contribution in [0.25, 0.3) is 0 Å². The monoisotopic (exact) mass is 290 g/mol. The van der Waals surface area contributed by atoms with Crippen molar-refractivity contribution in [2.45, 2.75) is 25.7 Å². The third-order valence-electron chi connectivity index (χ3n) is 4.50.